The number of carbonyl (C=O) groups excluding carboxylic acids is 3. The van der Waals surface area contributed by atoms with Crippen LogP contribution >= 0.6 is 0 Å². The molecule has 18 atom stereocenters. The van der Waals surface area contributed by atoms with E-state index in [2.05, 4.69) is 82.4 Å². The van der Waals surface area contributed by atoms with Crippen molar-refractivity contribution in [2.45, 2.75) is 216 Å². The lowest BCUT2D eigenvalue weighted by Gasteiger charge is -2.59. The number of methoxy groups -OCH3 is 2. The normalized spacial score (nSPS) is 39.4. The summed E-state index contributed by atoms with van der Waals surface area (Å²) in [7, 11) is 3.21. The predicted molar refractivity (Wildman–Crippen MR) is 312 cm³/mol. The molecule has 4 fully saturated rings. The number of ether oxygens (including phenoxy) is 4. The molecule has 0 radical (unpaired) electrons. The Morgan fingerprint density at radius 1 is 0.738 bits per heavy atom. The van der Waals surface area contributed by atoms with Crippen LogP contribution in [0.5, 0.6) is 23.0 Å². The first-order chi connectivity index (χ1) is 37.4. The second-order valence-electron chi connectivity index (χ2n) is 28.6. The molecule has 0 aromatic heterocycles. The third-order valence-electron chi connectivity index (χ3n) is 23.7. The van der Waals surface area contributed by atoms with Gasteiger partial charge in [0.2, 0.25) is 18.3 Å². The van der Waals surface area contributed by atoms with Gasteiger partial charge in [0.15, 0.2) is 28.8 Å². The van der Waals surface area contributed by atoms with Crippen LogP contribution in [0.2, 0.25) is 0 Å². The summed E-state index contributed by atoms with van der Waals surface area (Å²) in [5, 5.41) is 55.2. The largest absolute Gasteiger partial charge is 0.493 e. The monoisotopic (exact) mass is 1110 g/mol. The molecule has 446 valence electrons. The summed E-state index contributed by atoms with van der Waals surface area (Å²) in [6.45, 7) is 36.3. The first-order valence-corrected chi connectivity index (χ1v) is 30.8. The fourth-order valence-electron chi connectivity index (χ4n) is 18.5. The highest BCUT2D eigenvalue weighted by atomic mass is 16.7. The van der Waals surface area contributed by atoms with Crippen LogP contribution in [-0.2, 0) is 14.4 Å². The van der Waals surface area contributed by atoms with Gasteiger partial charge >= 0.3 is 0 Å². The van der Waals surface area contributed by atoms with Gasteiger partial charge in [-0.2, -0.15) is 0 Å². The average molecular weight is 1110 g/mol. The maximum atomic E-state index is 13.9. The third kappa shape index (κ3) is 10.2. The second kappa shape index (κ2) is 23.0. The summed E-state index contributed by atoms with van der Waals surface area (Å²) >= 11 is 0. The van der Waals surface area contributed by atoms with Crippen LogP contribution in [0.15, 0.2) is 52.7 Å². The molecule has 12 nitrogen and oxygen atoms in total. The number of hydrogen-bond donors (Lipinski definition) is 5. The molecule has 10 rings (SSSR count). The molecule has 9 aliphatic rings. The number of benzene rings is 1. The highest BCUT2D eigenvalue weighted by Gasteiger charge is 2.66. The van der Waals surface area contributed by atoms with E-state index in [-0.39, 0.29) is 65.1 Å². The number of aryl methyl sites for hydroxylation is 1. The van der Waals surface area contributed by atoms with Gasteiger partial charge < -0.3 is 44.5 Å². The molecule has 1 aromatic rings. The van der Waals surface area contributed by atoms with Crippen molar-refractivity contribution in [3.8, 4) is 23.0 Å². The van der Waals surface area contributed by atoms with Crippen LogP contribution in [0.1, 0.15) is 185 Å². The number of aliphatic hydroxyl groups excluding tert-OH is 4. The van der Waals surface area contributed by atoms with Crippen molar-refractivity contribution in [2.24, 2.45) is 86.8 Å². The molecule has 5 unspecified atom stereocenters. The maximum absolute atomic E-state index is 13.9. The molecule has 12 heteroatoms. The van der Waals surface area contributed by atoms with E-state index < -0.39 is 46.3 Å². The summed E-state index contributed by atoms with van der Waals surface area (Å²) in [4.78, 5) is 41.4. The first kappa shape index (κ1) is 62.2. The van der Waals surface area contributed by atoms with Crippen LogP contribution < -0.4 is 18.9 Å². The molecule has 0 bridgehead atoms. The summed E-state index contributed by atoms with van der Waals surface area (Å²) in [6, 6.07) is 1.87. The number of allylic oxidation sites excluding steroid dienone is 4. The van der Waals surface area contributed by atoms with E-state index in [1.54, 1.807) is 21.1 Å². The zero-order chi connectivity index (χ0) is 59.1. The van der Waals surface area contributed by atoms with Crippen molar-refractivity contribution in [3.63, 3.8) is 0 Å². The Morgan fingerprint density at radius 2 is 1.31 bits per heavy atom. The van der Waals surface area contributed by atoms with Crippen LogP contribution in [0, 0.1) is 93.7 Å². The average Bonchev–Trinajstić information content (AvgIpc) is 4.20. The first-order valence-electron chi connectivity index (χ1n) is 30.8. The van der Waals surface area contributed by atoms with E-state index in [9.17, 15) is 39.9 Å². The van der Waals surface area contributed by atoms with Gasteiger partial charge in [-0.05, 0) is 179 Å². The number of Topliss-reactive ketones (excluding diaryl/α,β-unsaturated/α-hetero) is 3. The number of rotatable bonds is 12. The Kier molecular flexibility index (Phi) is 17.9. The van der Waals surface area contributed by atoms with Crippen LogP contribution in [0.4, 0.5) is 0 Å². The van der Waals surface area contributed by atoms with Crippen molar-refractivity contribution >= 4 is 17.3 Å². The van der Waals surface area contributed by atoms with Gasteiger partial charge in [0, 0.05) is 51.7 Å². The van der Waals surface area contributed by atoms with Crippen LogP contribution in [0.3, 0.4) is 0 Å². The zero-order valence-electron chi connectivity index (χ0n) is 51.6. The highest BCUT2D eigenvalue weighted by Crippen LogP contribution is 2.68. The van der Waals surface area contributed by atoms with E-state index in [1.165, 1.54) is 11.1 Å². The number of hydrogen-bond acceptors (Lipinski definition) is 12. The van der Waals surface area contributed by atoms with Crippen LogP contribution in [-0.4, -0.2) is 93.9 Å². The van der Waals surface area contributed by atoms with Gasteiger partial charge in [-0.15, -0.1) is 0 Å². The topological polar surface area (TPSA) is 189 Å². The van der Waals surface area contributed by atoms with Gasteiger partial charge in [-0.25, -0.2) is 0 Å². The molecule has 4 saturated carbocycles. The minimum absolute atomic E-state index is 0.0228. The molecule has 0 spiro atoms. The number of ketones is 3. The molecule has 8 aliphatic carbocycles. The van der Waals surface area contributed by atoms with Gasteiger partial charge in [0.05, 0.1) is 38.1 Å². The fourth-order valence-corrected chi connectivity index (χ4v) is 18.5. The third-order valence-corrected chi connectivity index (χ3v) is 23.7. The van der Waals surface area contributed by atoms with Crippen molar-refractivity contribution in [1.29, 1.82) is 0 Å². The Morgan fingerprint density at radius 3 is 1.91 bits per heavy atom. The minimum atomic E-state index is -1.29. The molecular formula is C68H102O12. The Bertz CT molecular complexity index is 2640. The zero-order valence-corrected chi connectivity index (χ0v) is 51.6. The molecule has 0 saturated heterocycles. The SMILES string of the molecule is C=C(CC[C@@H](C)C1CCC2C3=C(C(=O)[C@H](O)[C@@]21C)[C@@]1(C)CC[C@H](O)[C@@H](C)C1CC3=O)C(C)C.C=C(CC[C@@H](C)[C@H]1CC[C@H]2C3=C(C(=O)C[C@]12C)[C@@]1(C)CC[C@H](O)[C@](C)(O)C1CC3O)C(C)C.COc1cc(C)c(OC)c2c1OCO2. The number of carbonyl (C=O) groups is 3. The smallest absolute Gasteiger partial charge is 0.231 e. The lowest BCUT2D eigenvalue weighted by atomic mass is 9.47. The summed E-state index contributed by atoms with van der Waals surface area (Å²) < 4.78 is 21.0. The van der Waals surface area contributed by atoms with E-state index in [1.807, 2.05) is 19.9 Å². The Labute approximate surface area is 479 Å². The molecule has 1 aromatic carbocycles. The van der Waals surface area contributed by atoms with Crippen molar-refractivity contribution in [1.82, 2.24) is 0 Å². The number of fused-ring (bicyclic) bond motifs is 9. The summed E-state index contributed by atoms with van der Waals surface area (Å²) in [5.41, 5.74) is 3.78. The molecule has 5 N–H and O–H groups in total. The van der Waals surface area contributed by atoms with E-state index in [0.29, 0.717) is 103 Å². The van der Waals surface area contributed by atoms with Gasteiger partial charge in [-0.3, -0.25) is 14.4 Å². The second-order valence-corrected chi connectivity index (χ2v) is 28.6. The van der Waals surface area contributed by atoms with E-state index in [4.69, 9.17) is 18.9 Å². The number of aliphatic hydroxyl groups is 5. The Hall–Kier alpha value is -3.81. The predicted octanol–water partition coefficient (Wildman–Crippen LogP) is 12.2. The fraction of sp³-hybridized carbons (Fsp3) is 0.750. The lowest BCUT2D eigenvalue weighted by molar-refractivity contribution is -0.174. The van der Waals surface area contributed by atoms with Gasteiger partial charge in [0.25, 0.3) is 0 Å². The minimum Gasteiger partial charge on any atom is -0.493 e. The standard InChI is InChI=1S/C29H46O4.C29H44O4.C10H12O4/c1-16(2)17(3)8-9-18(4)19-10-11-20-25-21(30)14-23-27(5,13-12-24(32)29(23,7)33)26(25)22(31)15-28(19,20)6;1-15(2)16(3)8-9-17(4)19-10-11-20-24-23(31)14-21-18(5)22(30)12-13-28(21,6)25(24)26(32)27(33)29(19,20)7;1-6-4-7(11-2)9-10(8(6)12-3)14-5-13-9/h16,18-21,23-24,30,32-33H,3,8-15H2,1-2,4-7H3;15,17-22,27,30,33H,3,8-14H2,1-2,4-7H3;4H,5H2,1-3H3/t18-,19-,20+,21?,23?,24+,27+,28-,29-;17-,18+,19?,20?,21?,22+,27+,28+,29-;/m11./s1. The molecule has 1 aliphatic heterocycles. The van der Waals surface area contributed by atoms with Crippen molar-refractivity contribution in [3.05, 3.63) is 58.2 Å². The quantitative estimate of drug-likeness (QED) is 0.125. The molecule has 0 amide bonds. The van der Waals surface area contributed by atoms with Crippen LogP contribution in [0.25, 0.3) is 0 Å². The molecule has 1 heterocycles. The van der Waals surface area contributed by atoms with Crippen molar-refractivity contribution < 1.29 is 58.9 Å². The van der Waals surface area contributed by atoms with Gasteiger partial charge in [0.1, 0.15) is 6.10 Å². The summed E-state index contributed by atoms with van der Waals surface area (Å²) in [5.74, 6) is 5.01. The molecule has 80 heavy (non-hydrogen) atoms. The molecular weight excluding hydrogens is 1010 g/mol. The van der Waals surface area contributed by atoms with Gasteiger partial charge in [-0.1, -0.05) is 100 Å². The van der Waals surface area contributed by atoms with E-state index in [0.717, 1.165) is 73.6 Å². The Balaban J connectivity index is 0.000000170. The maximum Gasteiger partial charge on any atom is 0.231 e. The lowest BCUT2D eigenvalue weighted by Crippen LogP contribution is -2.61. The van der Waals surface area contributed by atoms with Crippen molar-refractivity contribution in [2.75, 3.05) is 21.0 Å². The van der Waals surface area contributed by atoms with E-state index >= 15 is 0 Å². The summed E-state index contributed by atoms with van der Waals surface area (Å²) in [6.07, 6.45) is 8.93. The highest BCUT2D eigenvalue weighted by molar-refractivity contribution is 6.12.